The van der Waals surface area contributed by atoms with E-state index in [4.69, 9.17) is 4.74 Å². The van der Waals surface area contributed by atoms with E-state index >= 15 is 0 Å². The van der Waals surface area contributed by atoms with E-state index < -0.39 is 0 Å². The first-order valence-electron chi connectivity index (χ1n) is 11.7. The van der Waals surface area contributed by atoms with Crippen molar-refractivity contribution < 1.29 is 13.9 Å². The third kappa shape index (κ3) is 4.56. The number of carbonyl (C=O) groups excluding carboxylic acids is 1. The van der Waals surface area contributed by atoms with Crippen molar-refractivity contribution in [1.29, 1.82) is 0 Å². The number of carbonyl (C=O) groups is 1. The summed E-state index contributed by atoms with van der Waals surface area (Å²) >= 11 is 0. The van der Waals surface area contributed by atoms with Crippen LogP contribution in [0.5, 0.6) is 0 Å². The molecule has 33 heavy (non-hydrogen) atoms. The summed E-state index contributed by atoms with van der Waals surface area (Å²) < 4.78 is 20.3. The molecule has 1 atom stereocenters. The second-order valence-electron chi connectivity index (χ2n) is 8.92. The molecule has 2 heterocycles. The van der Waals surface area contributed by atoms with Gasteiger partial charge in [-0.15, -0.1) is 0 Å². The Morgan fingerprint density at radius 1 is 0.909 bits per heavy atom. The molecule has 1 fully saturated rings. The minimum absolute atomic E-state index is 0.0368. The molecule has 1 unspecified atom stereocenters. The zero-order valence-corrected chi connectivity index (χ0v) is 18.9. The zero-order chi connectivity index (χ0) is 22.8. The summed E-state index contributed by atoms with van der Waals surface area (Å²) in [5, 5.41) is 0. The van der Waals surface area contributed by atoms with Gasteiger partial charge < -0.3 is 4.74 Å². The number of hydrogen-bond acceptors (Lipinski definition) is 3. The SMILES string of the molecule is CC(N1CCC(OC(c2ccccc2)c2ccccc2)CC1)N1C(=O)Cc2cc(F)ccc21. The van der Waals surface area contributed by atoms with Gasteiger partial charge in [-0.3, -0.25) is 14.6 Å². The van der Waals surface area contributed by atoms with Gasteiger partial charge in [0.25, 0.3) is 0 Å². The number of halogens is 1. The second kappa shape index (κ2) is 9.46. The predicted octanol–water partition coefficient (Wildman–Crippen LogP) is 5.33. The lowest BCUT2D eigenvalue weighted by Crippen LogP contribution is -2.51. The number of hydrogen-bond donors (Lipinski definition) is 0. The third-order valence-electron chi connectivity index (χ3n) is 6.82. The van der Waals surface area contributed by atoms with Gasteiger partial charge in [0.15, 0.2) is 0 Å². The lowest BCUT2D eigenvalue weighted by molar-refractivity contribution is -0.118. The highest BCUT2D eigenvalue weighted by molar-refractivity contribution is 6.01. The second-order valence-corrected chi connectivity index (χ2v) is 8.92. The lowest BCUT2D eigenvalue weighted by atomic mass is 10.00. The van der Waals surface area contributed by atoms with E-state index in [1.807, 2.05) is 17.0 Å². The van der Waals surface area contributed by atoms with E-state index in [-0.39, 0.29) is 36.5 Å². The Morgan fingerprint density at radius 2 is 1.52 bits per heavy atom. The summed E-state index contributed by atoms with van der Waals surface area (Å²) in [7, 11) is 0. The van der Waals surface area contributed by atoms with Gasteiger partial charge in [0.05, 0.1) is 18.7 Å². The Balaban J connectivity index is 1.26. The fourth-order valence-electron chi connectivity index (χ4n) is 5.07. The highest BCUT2D eigenvalue weighted by Crippen LogP contribution is 2.34. The summed E-state index contributed by atoms with van der Waals surface area (Å²) in [5.74, 6) is -0.255. The molecule has 2 aliphatic heterocycles. The van der Waals surface area contributed by atoms with Crippen molar-refractivity contribution in [3.05, 3.63) is 101 Å². The lowest BCUT2D eigenvalue weighted by Gasteiger charge is -2.40. The van der Waals surface area contributed by atoms with Gasteiger partial charge in [0, 0.05) is 18.8 Å². The van der Waals surface area contributed by atoms with Crippen LogP contribution >= 0.6 is 0 Å². The molecule has 4 nitrogen and oxygen atoms in total. The molecule has 1 saturated heterocycles. The average molecular weight is 445 g/mol. The van der Waals surface area contributed by atoms with Crippen LogP contribution < -0.4 is 4.90 Å². The van der Waals surface area contributed by atoms with Gasteiger partial charge in [-0.1, -0.05) is 60.7 Å². The number of piperidine rings is 1. The Kier molecular flexibility index (Phi) is 6.25. The molecule has 0 radical (unpaired) electrons. The average Bonchev–Trinajstić information content (AvgIpc) is 3.18. The van der Waals surface area contributed by atoms with Gasteiger partial charge in [-0.05, 0) is 54.7 Å². The minimum atomic E-state index is -0.291. The molecule has 0 aromatic heterocycles. The molecule has 0 bridgehead atoms. The molecule has 3 aromatic carbocycles. The van der Waals surface area contributed by atoms with Crippen LogP contribution in [0, 0.1) is 5.82 Å². The third-order valence-corrected chi connectivity index (χ3v) is 6.82. The quantitative estimate of drug-likeness (QED) is 0.515. The van der Waals surface area contributed by atoms with Crippen LogP contribution in [-0.4, -0.2) is 36.2 Å². The Morgan fingerprint density at radius 3 is 2.12 bits per heavy atom. The van der Waals surface area contributed by atoms with Crippen molar-refractivity contribution in [2.24, 2.45) is 0 Å². The topological polar surface area (TPSA) is 32.8 Å². The minimum Gasteiger partial charge on any atom is -0.365 e. The number of nitrogens with zero attached hydrogens (tertiary/aromatic N) is 2. The summed E-state index contributed by atoms with van der Waals surface area (Å²) in [6, 6.07) is 25.4. The van der Waals surface area contributed by atoms with Gasteiger partial charge in [0.2, 0.25) is 5.91 Å². The van der Waals surface area contributed by atoms with Crippen LogP contribution in [0.2, 0.25) is 0 Å². The highest BCUT2D eigenvalue weighted by atomic mass is 19.1. The van der Waals surface area contributed by atoms with Crippen LogP contribution in [0.4, 0.5) is 10.1 Å². The number of fused-ring (bicyclic) bond motifs is 1. The van der Waals surface area contributed by atoms with Gasteiger partial charge >= 0.3 is 0 Å². The van der Waals surface area contributed by atoms with E-state index in [9.17, 15) is 9.18 Å². The number of amides is 1. The monoisotopic (exact) mass is 444 g/mol. The van der Waals surface area contributed by atoms with Crippen molar-refractivity contribution in [3.8, 4) is 0 Å². The highest BCUT2D eigenvalue weighted by Gasteiger charge is 2.35. The normalized spacial score (nSPS) is 18.0. The van der Waals surface area contributed by atoms with E-state index in [2.05, 4.69) is 60.4 Å². The smallest absolute Gasteiger partial charge is 0.232 e. The molecule has 0 saturated carbocycles. The number of anilines is 1. The van der Waals surface area contributed by atoms with E-state index in [1.54, 1.807) is 6.07 Å². The molecule has 5 heteroatoms. The van der Waals surface area contributed by atoms with Gasteiger partial charge in [-0.25, -0.2) is 4.39 Å². The van der Waals surface area contributed by atoms with Crippen LogP contribution in [-0.2, 0) is 16.0 Å². The first-order chi connectivity index (χ1) is 16.1. The Bertz CT molecular complexity index is 1060. The van der Waals surface area contributed by atoms with Crippen molar-refractivity contribution >= 4 is 11.6 Å². The van der Waals surface area contributed by atoms with E-state index in [0.717, 1.165) is 48.3 Å². The largest absolute Gasteiger partial charge is 0.365 e. The molecule has 0 aliphatic carbocycles. The maximum absolute atomic E-state index is 13.6. The molecule has 5 rings (SSSR count). The van der Waals surface area contributed by atoms with Crippen LogP contribution in [0.3, 0.4) is 0 Å². The van der Waals surface area contributed by atoms with Crippen molar-refractivity contribution in [2.45, 2.75) is 44.6 Å². The number of likely N-dealkylation sites (tertiary alicyclic amines) is 1. The first kappa shape index (κ1) is 21.8. The maximum atomic E-state index is 13.6. The fourth-order valence-corrected chi connectivity index (χ4v) is 5.07. The summed E-state index contributed by atoms with van der Waals surface area (Å²) in [4.78, 5) is 16.9. The van der Waals surface area contributed by atoms with Gasteiger partial charge in [0.1, 0.15) is 11.9 Å². The fraction of sp³-hybridized carbons (Fsp3) is 0.321. The summed E-state index contributed by atoms with van der Waals surface area (Å²) in [6.45, 7) is 3.76. The number of benzene rings is 3. The van der Waals surface area contributed by atoms with Crippen LogP contribution in [0.1, 0.15) is 42.6 Å². The molecule has 1 amide bonds. The van der Waals surface area contributed by atoms with E-state index in [0.29, 0.717) is 0 Å². The molecule has 0 N–H and O–H groups in total. The molecule has 0 spiro atoms. The molecule has 170 valence electrons. The van der Waals surface area contributed by atoms with Gasteiger partial charge in [-0.2, -0.15) is 0 Å². The van der Waals surface area contributed by atoms with E-state index in [1.165, 1.54) is 12.1 Å². The molecular formula is C28H29FN2O2. The van der Waals surface area contributed by atoms with Crippen molar-refractivity contribution in [2.75, 3.05) is 18.0 Å². The van der Waals surface area contributed by atoms with Crippen molar-refractivity contribution in [1.82, 2.24) is 4.90 Å². The molecule has 3 aromatic rings. The maximum Gasteiger partial charge on any atom is 0.232 e. The Hall–Kier alpha value is -3.02. The first-order valence-corrected chi connectivity index (χ1v) is 11.7. The van der Waals surface area contributed by atoms with Crippen LogP contribution in [0.25, 0.3) is 0 Å². The summed E-state index contributed by atoms with van der Waals surface area (Å²) in [5.41, 5.74) is 3.93. The standard InChI is InChI=1S/C28H29FN2O2/c1-20(31-26-13-12-24(29)18-23(26)19-27(31)32)30-16-14-25(15-17-30)33-28(21-8-4-2-5-9-21)22-10-6-3-7-11-22/h2-13,18,20,25,28H,14-17,19H2,1H3. The van der Waals surface area contributed by atoms with Crippen LogP contribution in [0.15, 0.2) is 78.9 Å². The summed E-state index contributed by atoms with van der Waals surface area (Å²) in [6.07, 6.45) is 2.06. The Labute approximate surface area is 194 Å². The number of ether oxygens (including phenoxy) is 1. The van der Waals surface area contributed by atoms with Crippen molar-refractivity contribution in [3.63, 3.8) is 0 Å². The zero-order valence-electron chi connectivity index (χ0n) is 18.9. The molecule has 2 aliphatic rings. The number of rotatable bonds is 6. The molecular weight excluding hydrogens is 415 g/mol. The predicted molar refractivity (Wildman–Crippen MR) is 127 cm³/mol.